The van der Waals surface area contributed by atoms with E-state index in [1.165, 1.54) is 0 Å². The molecule has 2 amide bonds. The van der Waals surface area contributed by atoms with E-state index in [0.717, 1.165) is 22.6 Å². The molecule has 160 valence electrons. The monoisotopic (exact) mass is 437 g/mol. The van der Waals surface area contributed by atoms with Crippen molar-refractivity contribution < 1.29 is 9.53 Å². The third-order valence-corrected chi connectivity index (χ3v) is 5.53. The minimum atomic E-state index is -0.132. The van der Waals surface area contributed by atoms with E-state index in [2.05, 4.69) is 20.4 Å². The van der Waals surface area contributed by atoms with Crippen LogP contribution in [0.1, 0.15) is 5.56 Å². The molecule has 31 heavy (non-hydrogen) atoms. The fourth-order valence-electron chi connectivity index (χ4n) is 3.52. The normalized spacial score (nSPS) is 13.8. The summed E-state index contributed by atoms with van der Waals surface area (Å²) in [6.07, 6.45) is 0. The Kier molecular flexibility index (Phi) is 6.23. The Bertz CT molecular complexity index is 1050. The van der Waals surface area contributed by atoms with Crippen LogP contribution in [0.15, 0.2) is 54.6 Å². The van der Waals surface area contributed by atoms with E-state index in [1.807, 2.05) is 61.5 Å². The molecule has 0 radical (unpaired) electrons. The van der Waals surface area contributed by atoms with Crippen molar-refractivity contribution in [2.45, 2.75) is 6.92 Å². The van der Waals surface area contributed by atoms with Gasteiger partial charge in [0.1, 0.15) is 5.75 Å². The Hall–Kier alpha value is -3.32. The highest BCUT2D eigenvalue weighted by molar-refractivity contribution is 6.30. The number of carbonyl (C=O) groups is 1. The number of ether oxygens (including phenoxy) is 1. The topological polar surface area (TPSA) is 70.6 Å². The molecular weight excluding hydrogens is 414 g/mol. The van der Waals surface area contributed by atoms with Gasteiger partial charge in [0.2, 0.25) is 0 Å². The number of aromatic nitrogens is 2. The summed E-state index contributed by atoms with van der Waals surface area (Å²) in [4.78, 5) is 16.7. The number of nitrogens with one attached hydrogen (secondary N) is 1. The van der Waals surface area contributed by atoms with Crippen LogP contribution in [0, 0.1) is 6.92 Å². The lowest BCUT2D eigenvalue weighted by molar-refractivity contribution is 0.208. The highest BCUT2D eigenvalue weighted by Gasteiger charge is 2.23. The predicted octanol–water partition coefficient (Wildman–Crippen LogP) is 4.47. The molecule has 1 aliphatic rings. The van der Waals surface area contributed by atoms with E-state index in [-0.39, 0.29) is 6.03 Å². The number of benzene rings is 2. The van der Waals surface area contributed by atoms with Crippen molar-refractivity contribution in [2.24, 2.45) is 0 Å². The standard InChI is InChI=1S/C23H24ClN5O2/c1-16-3-9-21(31-2)20(15-16)25-23(30)29-13-11-28(12-14-29)22-10-8-19(26-27-22)17-4-6-18(24)7-5-17/h3-10,15H,11-14H2,1-2H3,(H,25,30). The van der Waals surface area contributed by atoms with Gasteiger partial charge in [0, 0.05) is 36.8 Å². The summed E-state index contributed by atoms with van der Waals surface area (Å²) >= 11 is 5.95. The van der Waals surface area contributed by atoms with Crippen molar-refractivity contribution in [2.75, 3.05) is 43.5 Å². The van der Waals surface area contributed by atoms with Gasteiger partial charge in [-0.25, -0.2) is 4.79 Å². The molecule has 0 aliphatic carbocycles. The van der Waals surface area contributed by atoms with Crippen LogP contribution in [-0.4, -0.2) is 54.4 Å². The SMILES string of the molecule is COc1ccc(C)cc1NC(=O)N1CCN(c2ccc(-c3ccc(Cl)cc3)nn2)CC1. The Morgan fingerprint density at radius 2 is 1.74 bits per heavy atom. The summed E-state index contributed by atoms with van der Waals surface area (Å²) in [5.74, 6) is 1.45. The Balaban J connectivity index is 1.35. The van der Waals surface area contributed by atoms with Crippen LogP contribution in [0.4, 0.5) is 16.3 Å². The molecule has 2 heterocycles. The van der Waals surface area contributed by atoms with Crippen LogP contribution in [0.25, 0.3) is 11.3 Å². The van der Waals surface area contributed by atoms with Gasteiger partial charge >= 0.3 is 6.03 Å². The van der Waals surface area contributed by atoms with E-state index < -0.39 is 0 Å². The Morgan fingerprint density at radius 1 is 1.00 bits per heavy atom. The van der Waals surface area contributed by atoms with E-state index in [4.69, 9.17) is 16.3 Å². The number of halogens is 1. The van der Waals surface area contributed by atoms with Crippen LogP contribution in [-0.2, 0) is 0 Å². The molecule has 0 saturated carbocycles. The molecule has 7 nitrogen and oxygen atoms in total. The third kappa shape index (κ3) is 4.88. The minimum Gasteiger partial charge on any atom is -0.495 e. The summed E-state index contributed by atoms with van der Waals surface area (Å²) in [6.45, 7) is 4.55. The zero-order valence-corrected chi connectivity index (χ0v) is 18.3. The van der Waals surface area contributed by atoms with Crippen LogP contribution in [0.5, 0.6) is 5.75 Å². The smallest absolute Gasteiger partial charge is 0.322 e. The molecule has 0 bridgehead atoms. The summed E-state index contributed by atoms with van der Waals surface area (Å²) < 4.78 is 5.35. The zero-order chi connectivity index (χ0) is 21.8. The largest absolute Gasteiger partial charge is 0.495 e. The highest BCUT2D eigenvalue weighted by atomic mass is 35.5. The molecule has 4 rings (SSSR count). The molecule has 1 aromatic heterocycles. The van der Waals surface area contributed by atoms with Crippen molar-refractivity contribution in [1.29, 1.82) is 0 Å². The second-order valence-corrected chi connectivity index (χ2v) is 7.83. The van der Waals surface area contributed by atoms with Gasteiger partial charge in [-0.1, -0.05) is 29.8 Å². The lowest BCUT2D eigenvalue weighted by Crippen LogP contribution is -2.50. The van der Waals surface area contributed by atoms with Crippen molar-refractivity contribution in [1.82, 2.24) is 15.1 Å². The minimum absolute atomic E-state index is 0.132. The molecule has 3 aromatic rings. The van der Waals surface area contributed by atoms with Crippen molar-refractivity contribution >= 4 is 29.1 Å². The maximum absolute atomic E-state index is 12.7. The highest BCUT2D eigenvalue weighted by Crippen LogP contribution is 2.26. The maximum atomic E-state index is 12.7. The molecule has 1 fully saturated rings. The number of aryl methyl sites for hydroxylation is 1. The molecule has 1 saturated heterocycles. The van der Waals surface area contributed by atoms with Gasteiger partial charge in [-0.3, -0.25) is 0 Å². The molecular formula is C23H24ClN5O2. The number of carbonyl (C=O) groups excluding carboxylic acids is 1. The molecule has 2 aromatic carbocycles. The number of piperazine rings is 1. The van der Waals surface area contributed by atoms with Crippen LogP contribution in [0.3, 0.4) is 0 Å². The number of rotatable bonds is 4. The first-order valence-corrected chi connectivity index (χ1v) is 10.5. The summed E-state index contributed by atoms with van der Waals surface area (Å²) in [5, 5.41) is 12.4. The number of amides is 2. The lowest BCUT2D eigenvalue weighted by atomic mass is 10.1. The van der Waals surface area contributed by atoms with Crippen molar-refractivity contribution in [3.63, 3.8) is 0 Å². The molecule has 0 unspecified atom stereocenters. The predicted molar refractivity (Wildman–Crippen MR) is 123 cm³/mol. The first kappa shape index (κ1) is 20.9. The molecule has 0 spiro atoms. The first-order valence-electron chi connectivity index (χ1n) is 10.1. The second-order valence-electron chi connectivity index (χ2n) is 7.39. The Labute approximate surface area is 186 Å². The van der Waals surface area contributed by atoms with Gasteiger partial charge in [-0.15, -0.1) is 10.2 Å². The average molecular weight is 438 g/mol. The summed E-state index contributed by atoms with van der Waals surface area (Å²) in [5.41, 5.74) is 3.50. The fourth-order valence-corrected chi connectivity index (χ4v) is 3.65. The van der Waals surface area contributed by atoms with Gasteiger partial charge in [-0.05, 0) is 48.9 Å². The van der Waals surface area contributed by atoms with E-state index in [0.29, 0.717) is 42.6 Å². The van der Waals surface area contributed by atoms with E-state index >= 15 is 0 Å². The number of anilines is 2. The van der Waals surface area contributed by atoms with Gasteiger partial charge in [-0.2, -0.15) is 0 Å². The van der Waals surface area contributed by atoms with Crippen LogP contribution < -0.4 is 15.0 Å². The summed E-state index contributed by atoms with van der Waals surface area (Å²) in [7, 11) is 1.60. The van der Waals surface area contributed by atoms with E-state index in [9.17, 15) is 4.79 Å². The number of urea groups is 1. The third-order valence-electron chi connectivity index (χ3n) is 5.28. The maximum Gasteiger partial charge on any atom is 0.322 e. The average Bonchev–Trinajstić information content (AvgIpc) is 2.80. The zero-order valence-electron chi connectivity index (χ0n) is 17.5. The number of methoxy groups -OCH3 is 1. The fraction of sp³-hybridized carbons (Fsp3) is 0.261. The first-order chi connectivity index (χ1) is 15.0. The van der Waals surface area contributed by atoms with Gasteiger partial charge in [0.15, 0.2) is 5.82 Å². The summed E-state index contributed by atoms with van der Waals surface area (Å²) in [6, 6.07) is 17.0. The molecule has 1 N–H and O–H groups in total. The lowest BCUT2D eigenvalue weighted by Gasteiger charge is -2.35. The molecule has 8 heteroatoms. The van der Waals surface area contributed by atoms with Gasteiger partial charge < -0.3 is 19.9 Å². The van der Waals surface area contributed by atoms with Crippen LogP contribution >= 0.6 is 11.6 Å². The van der Waals surface area contributed by atoms with E-state index in [1.54, 1.807) is 12.0 Å². The van der Waals surface area contributed by atoms with Gasteiger partial charge in [0.05, 0.1) is 18.5 Å². The van der Waals surface area contributed by atoms with Crippen molar-refractivity contribution in [3.8, 4) is 17.0 Å². The Morgan fingerprint density at radius 3 is 2.39 bits per heavy atom. The van der Waals surface area contributed by atoms with Crippen LogP contribution in [0.2, 0.25) is 5.02 Å². The second kappa shape index (κ2) is 9.22. The van der Waals surface area contributed by atoms with Crippen molar-refractivity contribution in [3.05, 3.63) is 65.2 Å². The quantitative estimate of drug-likeness (QED) is 0.652. The van der Waals surface area contributed by atoms with Gasteiger partial charge in [0.25, 0.3) is 0 Å². The number of nitrogens with zero attached hydrogens (tertiary/aromatic N) is 4. The number of hydrogen-bond acceptors (Lipinski definition) is 5. The molecule has 1 aliphatic heterocycles. The number of hydrogen-bond donors (Lipinski definition) is 1. The molecule has 0 atom stereocenters.